The maximum absolute atomic E-state index is 13.3. The molecule has 71 heavy (non-hydrogen) atoms. The van der Waals surface area contributed by atoms with E-state index in [0.29, 0.717) is 56.0 Å². The van der Waals surface area contributed by atoms with E-state index >= 15 is 0 Å². The number of halogens is 1. The first-order chi connectivity index (χ1) is 33.9. The largest absolute Gasteiger partial charge is 0.489 e. The third-order valence-electron chi connectivity index (χ3n) is 12.5. The van der Waals surface area contributed by atoms with Crippen LogP contribution in [0.15, 0.2) is 65.7 Å². The molecule has 0 radical (unpaired) electrons. The monoisotopic (exact) mass is 1010 g/mol. The van der Waals surface area contributed by atoms with Crippen molar-refractivity contribution >= 4 is 80.0 Å². The molecular weight excluding hydrogens is 954 g/mol. The van der Waals surface area contributed by atoms with Crippen LogP contribution in [-0.2, 0) is 29.0 Å². The first-order valence-electron chi connectivity index (χ1n) is 23.8. The molecule has 3 aromatic carbocycles. The number of piperidine rings is 2. The van der Waals surface area contributed by atoms with Gasteiger partial charge in [-0.3, -0.25) is 39.0 Å². The van der Waals surface area contributed by atoms with Crippen molar-refractivity contribution in [3.05, 3.63) is 88.1 Å². The Kier molecular flexibility index (Phi) is 17.0. The Morgan fingerprint density at radius 3 is 2.30 bits per heavy atom. The molecule has 2 saturated heterocycles. The van der Waals surface area contributed by atoms with Gasteiger partial charge in [0.15, 0.2) is 22.3 Å². The summed E-state index contributed by atoms with van der Waals surface area (Å²) in [5, 5.41) is 13.9. The lowest BCUT2D eigenvalue weighted by molar-refractivity contribution is -0.136. The minimum Gasteiger partial charge on any atom is -0.489 e. The van der Waals surface area contributed by atoms with Gasteiger partial charge in [0.1, 0.15) is 22.6 Å². The van der Waals surface area contributed by atoms with Crippen molar-refractivity contribution in [3.8, 4) is 11.5 Å². The van der Waals surface area contributed by atoms with Gasteiger partial charge < -0.3 is 35.6 Å². The van der Waals surface area contributed by atoms with Crippen molar-refractivity contribution in [1.82, 2.24) is 35.7 Å². The van der Waals surface area contributed by atoms with Gasteiger partial charge in [-0.1, -0.05) is 29.8 Å². The number of nitrogens with one attached hydrogen (secondary N) is 5. The minimum atomic E-state index is -3.60. The Bertz CT molecular complexity index is 2800. The Morgan fingerprint density at radius 2 is 1.59 bits per heavy atom. The normalized spacial score (nSPS) is 16.5. The van der Waals surface area contributed by atoms with E-state index in [1.165, 1.54) is 30.0 Å². The van der Waals surface area contributed by atoms with Crippen LogP contribution in [0, 0.1) is 6.92 Å². The summed E-state index contributed by atoms with van der Waals surface area (Å²) in [5.74, 6) is -1.60. The number of amides is 6. The van der Waals surface area contributed by atoms with Gasteiger partial charge in [0.25, 0.3) is 17.7 Å². The molecule has 3 aliphatic rings. The predicted molar refractivity (Wildman–Crippen MR) is 266 cm³/mol. The van der Waals surface area contributed by atoms with Gasteiger partial charge in [-0.05, 0) is 133 Å². The van der Waals surface area contributed by atoms with Gasteiger partial charge >= 0.3 is 0 Å². The summed E-state index contributed by atoms with van der Waals surface area (Å²) in [6.45, 7) is 11.9. The van der Waals surface area contributed by atoms with Crippen molar-refractivity contribution in [3.63, 3.8) is 0 Å². The molecule has 0 saturated carbocycles. The Hall–Kier alpha value is -6.64. The zero-order valence-electron chi connectivity index (χ0n) is 40.4. The van der Waals surface area contributed by atoms with Crippen LogP contribution in [0.25, 0.3) is 0 Å². The van der Waals surface area contributed by atoms with E-state index in [2.05, 4.69) is 54.4 Å². The molecule has 7 rings (SSSR count). The number of sulfone groups is 1. The second-order valence-electron chi connectivity index (χ2n) is 18.3. The summed E-state index contributed by atoms with van der Waals surface area (Å²) in [7, 11) is -3.60. The van der Waals surface area contributed by atoms with Gasteiger partial charge in [-0.15, -0.1) is 0 Å². The number of carbonyl (C=O) groups is 6. The number of carbonyl (C=O) groups excluding carboxylic acids is 6. The molecule has 19 nitrogen and oxygen atoms in total. The second kappa shape index (κ2) is 23.1. The molecule has 1 unspecified atom stereocenters. The van der Waals surface area contributed by atoms with E-state index in [0.717, 1.165) is 36.4 Å². The summed E-state index contributed by atoms with van der Waals surface area (Å²) < 4.78 is 38.1. The number of rotatable bonds is 21. The summed E-state index contributed by atoms with van der Waals surface area (Å²) in [5.41, 5.74) is 3.30. The van der Waals surface area contributed by atoms with Gasteiger partial charge in [-0.25, -0.2) is 13.4 Å². The third-order valence-corrected chi connectivity index (χ3v) is 15.0. The van der Waals surface area contributed by atoms with Crippen molar-refractivity contribution in [1.29, 1.82) is 0 Å². The Balaban J connectivity index is 0.824. The van der Waals surface area contributed by atoms with Crippen LogP contribution in [0.2, 0.25) is 5.02 Å². The van der Waals surface area contributed by atoms with Gasteiger partial charge in [-0.2, -0.15) is 4.98 Å². The highest BCUT2D eigenvalue weighted by molar-refractivity contribution is 7.92. The molecule has 4 heterocycles. The topological polar surface area (TPSA) is 247 Å². The highest BCUT2D eigenvalue weighted by Gasteiger charge is 2.46. The van der Waals surface area contributed by atoms with Crippen LogP contribution in [0.3, 0.4) is 0 Å². The molecule has 21 heteroatoms. The van der Waals surface area contributed by atoms with E-state index < -0.39 is 57.3 Å². The molecule has 6 amide bonds. The SMILES string of the molecule is Cc1cc(Nc2ncc(Cl)c(Nc3ccccc3S(=O)(=O)C(C)C)n2)c(OC(C)C)cc1C1CCN(CCC(=O)NCCCCNC(=O)COc2cccc3c2C(=O)N(C2CCC(=O)NC2=O)C3=O)CC1. The fourth-order valence-corrected chi connectivity index (χ4v) is 10.1. The van der Waals surface area contributed by atoms with Crippen molar-refractivity contribution in [2.75, 3.05) is 50.0 Å². The average molecular weight is 1010 g/mol. The number of para-hydroxylation sites is 1. The minimum absolute atomic E-state index is 0.0000579. The maximum atomic E-state index is 13.3. The van der Waals surface area contributed by atoms with Crippen LogP contribution >= 0.6 is 11.6 Å². The first-order valence-corrected chi connectivity index (χ1v) is 25.8. The average Bonchev–Trinajstić information content (AvgIpc) is 3.59. The number of anilines is 4. The summed E-state index contributed by atoms with van der Waals surface area (Å²) in [6, 6.07) is 14.1. The quantitative estimate of drug-likeness (QED) is 0.0478. The number of imide groups is 2. The summed E-state index contributed by atoms with van der Waals surface area (Å²) in [6.07, 6.45) is 4.77. The van der Waals surface area contributed by atoms with E-state index in [-0.39, 0.29) is 69.3 Å². The Morgan fingerprint density at radius 1 is 0.873 bits per heavy atom. The molecule has 4 aromatic rings. The lowest BCUT2D eigenvalue weighted by Gasteiger charge is -2.33. The van der Waals surface area contributed by atoms with Crippen LogP contribution in [0.5, 0.6) is 11.5 Å². The molecule has 5 N–H and O–H groups in total. The van der Waals surface area contributed by atoms with E-state index in [9.17, 15) is 37.2 Å². The highest BCUT2D eigenvalue weighted by Crippen LogP contribution is 2.39. The number of hydrogen-bond acceptors (Lipinski definition) is 15. The number of benzene rings is 3. The molecule has 0 aliphatic carbocycles. The van der Waals surface area contributed by atoms with Crippen LogP contribution in [0.1, 0.15) is 110 Å². The van der Waals surface area contributed by atoms with E-state index in [4.69, 9.17) is 21.1 Å². The number of fused-ring (bicyclic) bond motifs is 1. The van der Waals surface area contributed by atoms with Crippen molar-refractivity contribution in [2.24, 2.45) is 0 Å². The zero-order valence-corrected chi connectivity index (χ0v) is 42.0. The Labute approximate surface area is 418 Å². The molecule has 0 bridgehead atoms. The molecule has 1 atom stereocenters. The number of nitrogens with zero attached hydrogens (tertiary/aromatic N) is 4. The van der Waals surface area contributed by atoms with Crippen LogP contribution in [-0.4, -0.2) is 120 Å². The van der Waals surface area contributed by atoms with Crippen molar-refractivity contribution in [2.45, 2.75) is 108 Å². The first kappa shape index (κ1) is 52.2. The number of aryl methyl sites for hydroxylation is 1. The van der Waals surface area contributed by atoms with Gasteiger partial charge in [0.05, 0.1) is 44.9 Å². The number of ether oxygens (including phenoxy) is 2. The number of unbranched alkanes of at least 4 members (excludes halogenated alkanes) is 1. The second-order valence-corrected chi connectivity index (χ2v) is 21.2. The van der Waals surface area contributed by atoms with Crippen LogP contribution < -0.4 is 36.1 Å². The van der Waals surface area contributed by atoms with Gasteiger partial charge in [0, 0.05) is 32.5 Å². The number of hydrogen-bond donors (Lipinski definition) is 5. The van der Waals surface area contributed by atoms with Gasteiger partial charge in [0.2, 0.25) is 23.7 Å². The fraction of sp³-hybridized carbons (Fsp3) is 0.440. The molecule has 1 aromatic heterocycles. The number of likely N-dealkylation sites (tertiary alicyclic amines) is 1. The lowest BCUT2D eigenvalue weighted by atomic mass is 9.86. The summed E-state index contributed by atoms with van der Waals surface area (Å²) >= 11 is 6.51. The zero-order chi connectivity index (χ0) is 51.0. The van der Waals surface area contributed by atoms with E-state index in [1.807, 2.05) is 19.9 Å². The molecule has 378 valence electrons. The molecule has 3 aliphatic heterocycles. The maximum Gasteiger partial charge on any atom is 0.266 e. The van der Waals surface area contributed by atoms with Crippen molar-refractivity contribution < 1.29 is 46.7 Å². The standard InChI is InChI=1S/C50H60ClN9O10S/c1-29(2)70-40-26-34(31(5)25-37(40)56-50-54-27-35(51)46(58-50)55-36-12-6-7-14-41(36)71(67,68)30(3)4)32-17-22-59(23-18-32)24-19-42(61)52-20-8-9-21-53-44(63)28-69-39-13-10-11-33-45(39)49(66)60(48(33)65)38-15-16-43(62)57-47(38)64/h6-7,10-14,25-27,29-30,32,38H,8-9,15-24,28H2,1-5H3,(H,52,61)(H,53,63)(H,57,62,64)(H2,54,55,56,58). The van der Waals surface area contributed by atoms with E-state index in [1.54, 1.807) is 38.1 Å². The predicted octanol–water partition coefficient (Wildman–Crippen LogP) is 5.96. The lowest BCUT2D eigenvalue weighted by Crippen LogP contribution is -2.54. The molecular formula is C50H60ClN9O10S. The fourth-order valence-electron chi connectivity index (χ4n) is 8.75. The number of aromatic nitrogens is 2. The summed E-state index contributed by atoms with van der Waals surface area (Å²) in [4.78, 5) is 88.0. The molecule has 2 fully saturated rings. The third kappa shape index (κ3) is 12.6. The molecule has 0 spiro atoms. The smallest absolute Gasteiger partial charge is 0.266 e. The highest BCUT2D eigenvalue weighted by atomic mass is 35.5. The van der Waals surface area contributed by atoms with Crippen LogP contribution in [0.4, 0.5) is 23.1 Å².